The molecule has 2 aliphatic rings. The predicted molar refractivity (Wildman–Crippen MR) is 145 cm³/mol. The highest BCUT2D eigenvalue weighted by molar-refractivity contribution is 8.17. The number of carbonyl (C=O) groups is 1. The maximum absolute atomic E-state index is 12.5. The third-order valence-corrected chi connectivity index (χ3v) is 7.76. The van der Waals surface area contributed by atoms with Gasteiger partial charge >= 0.3 is 0 Å². The third kappa shape index (κ3) is 4.15. The quantitative estimate of drug-likeness (QED) is 0.306. The van der Waals surface area contributed by atoms with Gasteiger partial charge in [-0.3, -0.25) is 14.9 Å². The van der Waals surface area contributed by atoms with Gasteiger partial charge in [-0.2, -0.15) is 10.2 Å². The fourth-order valence-electron chi connectivity index (χ4n) is 4.46. The number of hydrogen-bond donors (Lipinski definition) is 0. The van der Waals surface area contributed by atoms with Gasteiger partial charge in [0.15, 0.2) is 10.8 Å². The number of nitrogens with zero attached hydrogens (tertiary/aromatic N) is 5. The lowest BCUT2D eigenvalue weighted by Crippen LogP contribution is -2.56. The van der Waals surface area contributed by atoms with E-state index in [0.717, 1.165) is 23.4 Å². The number of Topliss-reactive ketones (excluding diaryl/α,β-unsaturated/α-hetero) is 1. The molecule has 1 unspecified atom stereocenters. The first-order valence-corrected chi connectivity index (χ1v) is 12.6. The molecule has 5 rings (SSSR count). The molecule has 0 bridgehead atoms. The molecule has 2 heterocycles. The zero-order valence-corrected chi connectivity index (χ0v) is 20.8. The van der Waals surface area contributed by atoms with E-state index in [2.05, 4.69) is 36.3 Å². The topological polar surface area (TPSA) is 91.4 Å². The van der Waals surface area contributed by atoms with Gasteiger partial charge in [-0.15, -0.1) is 0 Å². The number of aryl methyl sites for hydroxylation is 1. The number of hydrazone groups is 2. The molecule has 0 radical (unpaired) electrons. The summed E-state index contributed by atoms with van der Waals surface area (Å²) in [6.45, 7) is 3.58. The van der Waals surface area contributed by atoms with Gasteiger partial charge in [0.2, 0.25) is 4.99 Å². The average molecular weight is 500 g/mol. The van der Waals surface area contributed by atoms with Crippen LogP contribution in [0.1, 0.15) is 37.8 Å². The van der Waals surface area contributed by atoms with Crippen LogP contribution in [-0.2, 0) is 11.2 Å². The van der Waals surface area contributed by atoms with Crippen molar-refractivity contribution in [1.82, 2.24) is 0 Å². The van der Waals surface area contributed by atoms with E-state index in [-0.39, 0.29) is 11.5 Å². The fourth-order valence-corrected chi connectivity index (χ4v) is 5.70. The summed E-state index contributed by atoms with van der Waals surface area (Å²) in [6, 6.07) is 24.5. The molecule has 2 aliphatic heterocycles. The molecular formula is C27H25N5O3S. The Morgan fingerprint density at radius 3 is 2.36 bits per heavy atom. The normalized spacial score (nSPS) is 19.3. The van der Waals surface area contributed by atoms with Crippen LogP contribution in [-0.4, -0.2) is 26.5 Å². The third-order valence-electron chi connectivity index (χ3n) is 6.33. The Hall–Kier alpha value is -3.98. The maximum atomic E-state index is 12.5. The molecule has 0 amide bonds. The number of benzene rings is 3. The van der Waals surface area contributed by atoms with Crippen LogP contribution in [0, 0.1) is 10.1 Å². The van der Waals surface area contributed by atoms with Gasteiger partial charge in [-0.1, -0.05) is 61.5 Å². The number of carbonyl (C=O) groups excluding carboxylic acids is 1. The summed E-state index contributed by atoms with van der Waals surface area (Å²) < 4.78 is 0. The second-order valence-corrected chi connectivity index (χ2v) is 9.85. The first-order valence-electron chi connectivity index (χ1n) is 11.8. The number of nitro benzene ring substituents is 1. The smallest absolute Gasteiger partial charge is 0.292 e. The molecule has 0 aliphatic carbocycles. The minimum Gasteiger partial charge on any atom is -0.292 e. The van der Waals surface area contributed by atoms with Crippen LogP contribution in [0.2, 0.25) is 0 Å². The Kier molecular flexibility index (Phi) is 6.32. The van der Waals surface area contributed by atoms with E-state index in [0.29, 0.717) is 23.6 Å². The minimum atomic E-state index is -0.985. The van der Waals surface area contributed by atoms with Crippen molar-refractivity contribution in [2.45, 2.75) is 38.1 Å². The van der Waals surface area contributed by atoms with E-state index < -0.39 is 9.92 Å². The molecule has 3 aromatic rings. The van der Waals surface area contributed by atoms with Gasteiger partial charge in [0, 0.05) is 19.4 Å². The van der Waals surface area contributed by atoms with Gasteiger partial charge in [0.25, 0.3) is 5.69 Å². The largest absolute Gasteiger partial charge is 0.294 e. The number of anilines is 2. The Morgan fingerprint density at radius 2 is 1.69 bits per heavy atom. The Bertz CT molecular complexity index is 1370. The van der Waals surface area contributed by atoms with E-state index in [1.54, 1.807) is 23.2 Å². The van der Waals surface area contributed by atoms with Gasteiger partial charge in [0.05, 0.1) is 16.3 Å². The summed E-state index contributed by atoms with van der Waals surface area (Å²) in [6.07, 6.45) is 2.10. The first-order chi connectivity index (χ1) is 17.4. The zero-order valence-electron chi connectivity index (χ0n) is 20.0. The monoisotopic (exact) mass is 499 g/mol. The molecule has 8 nitrogen and oxygen atoms in total. The molecule has 0 aromatic heterocycles. The van der Waals surface area contributed by atoms with Crippen molar-refractivity contribution in [3.63, 3.8) is 0 Å². The lowest BCUT2D eigenvalue weighted by Gasteiger charge is -2.46. The van der Waals surface area contributed by atoms with Crippen LogP contribution >= 0.6 is 11.8 Å². The van der Waals surface area contributed by atoms with E-state index in [1.165, 1.54) is 30.3 Å². The summed E-state index contributed by atoms with van der Waals surface area (Å²) in [4.78, 5) is 23.0. The van der Waals surface area contributed by atoms with Crippen LogP contribution in [0.3, 0.4) is 0 Å². The Balaban J connectivity index is 1.68. The number of rotatable bonds is 6. The van der Waals surface area contributed by atoms with Crippen molar-refractivity contribution in [1.29, 1.82) is 0 Å². The number of hydrogen-bond acceptors (Lipinski definition) is 8. The predicted octanol–water partition coefficient (Wildman–Crippen LogP) is 5.97. The van der Waals surface area contributed by atoms with E-state index in [9.17, 15) is 14.9 Å². The molecule has 182 valence electrons. The second kappa shape index (κ2) is 9.58. The average Bonchev–Trinajstić information content (AvgIpc) is 3.29. The SMILES string of the molecule is CCc1ccc(C2=NN(c3ccccc3)C3(CC2)SC(C(C)=O)=NN3c2ccccc2[N+](=O)[O-])cc1. The maximum Gasteiger partial charge on any atom is 0.294 e. The molecule has 0 N–H and O–H groups in total. The zero-order chi connectivity index (χ0) is 25.3. The summed E-state index contributed by atoms with van der Waals surface area (Å²) in [5.41, 5.74) is 4.22. The summed E-state index contributed by atoms with van der Waals surface area (Å²) >= 11 is 1.29. The van der Waals surface area contributed by atoms with Crippen molar-refractivity contribution in [3.8, 4) is 0 Å². The van der Waals surface area contributed by atoms with Crippen molar-refractivity contribution in [2.75, 3.05) is 10.0 Å². The minimum absolute atomic E-state index is 0.0797. The highest BCUT2D eigenvalue weighted by Gasteiger charge is 2.54. The molecule has 0 saturated carbocycles. The van der Waals surface area contributed by atoms with Crippen molar-refractivity contribution in [3.05, 3.63) is 100 Å². The molecule has 1 spiro atoms. The van der Waals surface area contributed by atoms with E-state index in [1.807, 2.05) is 35.3 Å². The van der Waals surface area contributed by atoms with Crippen LogP contribution in [0.4, 0.5) is 17.1 Å². The molecule has 0 fully saturated rings. The van der Waals surface area contributed by atoms with Crippen molar-refractivity contribution >= 4 is 45.4 Å². The highest BCUT2D eigenvalue weighted by Crippen LogP contribution is 2.51. The van der Waals surface area contributed by atoms with Crippen LogP contribution in [0.15, 0.2) is 89.1 Å². The fraction of sp³-hybridized carbons (Fsp3) is 0.222. The molecule has 1 atom stereocenters. The highest BCUT2D eigenvalue weighted by atomic mass is 32.2. The summed E-state index contributed by atoms with van der Waals surface area (Å²) in [5.74, 6) is -0.196. The summed E-state index contributed by atoms with van der Waals surface area (Å²) in [7, 11) is 0. The van der Waals surface area contributed by atoms with Gasteiger partial charge in [-0.05, 0) is 53.9 Å². The molecular weight excluding hydrogens is 474 g/mol. The Morgan fingerprint density at radius 1 is 1.00 bits per heavy atom. The van der Waals surface area contributed by atoms with Crippen molar-refractivity contribution in [2.24, 2.45) is 10.2 Å². The van der Waals surface area contributed by atoms with Gasteiger partial charge < -0.3 is 0 Å². The molecule has 9 heteroatoms. The summed E-state index contributed by atoms with van der Waals surface area (Å²) in [5, 5.41) is 25.4. The van der Waals surface area contributed by atoms with E-state index >= 15 is 0 Å². The number of para-hydroxylation sites is 3. The van der Waals surface area contributed by atoms with Gasteiger partial charge in [0.1, 0.15) is 5.69 Å². The van der Waals surface area contributed by atoms with Gasteiger partial charge in [-0.25, -0.2) is 10.0 Å². The first kappa shape index (κ1) is 23.7. The lowest BCUT2D eigenvalue weighted by molar-refractivity contribution is -0.384. The van der Waals surface area contributed by atoms with E-state index in [4.69, 9.17) is 5.10 Å². The molecule has 36 heavy (non-hydrogen) atoms. The number of ketones is 1. The second-order valence-electron chi connectivity index (χ2n) is 8.61. The lowest BCUT2D eigenvalue weighted by atomic mass is 10.00. The van der Waals surface area contributed by atoms with Crippen LogP contribution < -0.4 is 10.0 Å². The molecule has 0 saturated heterocycles. The van der Waals surface area contributed by atoms with Crippen LogP contribution in [0.25, 0.3) is 0 Å². The van der Waals surface area contributed by atoms with Crippen molar-refractivity contribution < 1.29 is 9.72 Å². The molecule has 3 aromatic carbocycles. The number of nitro groups is 1. The Labute approximate surface area is 213 Å². The standard InChI is InChI=1S/C27H25N5O3S/c1-3-20-13-15-21(16-14-20)23-17-18-27(30(28-23)22-9-5-4-6-10-22)31(29-26(36-27)19(2)33)24-11-7-8-12-25(24)32(34)35/h4-16H,3,17-18H2,1-2H3. The number of thioether (sulfide) groups is 1. The van der Waals surface area contributed by atoms with Crippen LogP contribution in [0.5, 0.6) is 0 Å².